The summed E-state index contributed by atoms with van der Waals surface area (Å²) >= 11 is 0. The Kier molecular flexibility index (Phi) is 3.64. The van der Waals surface area contributed by atoms with E-state index < -0.39 is 0 Å². The Labute approximate surface area is 115 Å². The molecule has 0 aliphatic carbocycles. The van der Waals surface area contributed by atoms with Crippen molar-refractivity contribution in [2.75, 3.05) is 11.9 Å². The first-order valence-electron chi connectivity index (χ1n) is 6.30. The second-order valence-electron chi connectivity index (χ2n) is 4.15. The van der Waals surface area contributed by atoms with Crippen LogP contribution in [0.4, 0.5) is 5.69 Å². The van der Waals surface area contributed by atoms with Gasteiger partial charge < -0.3 is 9.84 Å². The predicted octanol–water partition coefficient (Wildman–Crippen LogP) is 2.18. The zero-order valence-electron chi connectivity index (χ0n) is 10.7. The highest BCUT2D eigenvalue weighted by Gasteiger charge is 2.09. The first kappa shape index (κ1) is 12.3. The molecule has 0 fully saturated rings. The molecule has 0 aliphatic rings. The Hall–Kier alpha value is -2.76. The first-order chi connectivity index (χ1) is 9.92. The van der Waals surface area contributed by atoms with Crippen molar-refractivity contribution in [1.29, 1.82) is 0 Å². The molecule has 2 heterocycles. The zero-order chi connectivity index (χ0) is 13.6. The van der Waals surface area contributed by atoms with Crippen LogP contribution in [0.15, 0.2) is 53.4 Å². The minimum absolute atomic E-state index is 0.466. The van der Waals surface area contributed by atoms with Crippen LogP contribution < -0.4 is 5.32 Å². The SMILES string of the molecule is c1ccc(NCCc2nc(-c3cnccn3)no2)cc1. The quantitative estimate of drug-likeness (QED) is 0.763. The van der Waals surface area contributed by atoms with Gasteiger partial charge in [0.2, 0.25) is 11.7 Å². The monoisotopic (exact) mass is 267 g/mol. The highest BCUT2D eigenvalue weighted by atomic mass is 16.5. The number of nitrogens with one attached hydrogen (secondary N) is 1. The van der Waals surface area contributed by atoms with Crippen molar-refractivity contribution in [2.45, 2.75) is 6.42 Å². The molecule has 3 aromatic rings. The fourth-order valence-electron chi connectivity index (χ4n) is 1.74. The van der Waals surface area contributed by atoms with Crippen molar-refractivity contribution >= 4 is 5.69 Å². The molecule has 0 saturated carbocycles. The third kappa shape index (κ3) is 2.97. The van der Waals surface area contributed by atoms with Gasteiger partial charge in [0.05, 0.1) is 6.20 Å². The van der Waals surface area contributed by atoms with E-state index in [-0.39, 0.29) is 0 Å². The van der Waals surface area contributed by atoms with Crippen LogP contribution in [-0.4, -0.2) is 26.7 Å². The Morgan fingerprint density at radius 2 is 2.00 bits per heavy atom. The van der Waals surface area contributed by atoms with E-state index in [1.54, 1.807) is 18.6 Å². The smallest absolute Gasteiger partial charge is 0.228 e. The van der Waals surface area contributed by atoms with Gasteiger partial charge in [0.1, 0.15) is 5.69 Å². The Balaban J connectivity index is 1.58. The second-order valence-corrected chi connectivity index (χ2v) is 4.15. The van der Waals surface area contributed by atoms with Gasteiger partial charge in [-0.3, -0.25) is 4.98 Å². The maximum Gasteiger partial charge on any atom is 0.228 e. The lowest BCUT2D eigenvalue weighted by molar-refractivity contribution is 0.381. The highest BCUT2D eigenvalue weighted by Crippen LogP contribution is 2.11. The summed E-state index contributed by atoms with van der Waals surface area (Å²) in [6, 6.07) is 9.98. The van der Waals surface area contributed by atoms with Crippen molar-refractivity contribution in [3.63, 3.8) is 0 Å². The number of nitrogens with zero attached hydrogens (tertiary/aromatic N) is 4. The number of aromatic nitrogens is 4. The lowest BCUT2D eigenvalue weighted by Crippen LogP contribution is -2.04. The van der Waals surface area contributed by atoms with Gasteiger partial charge in [0, 0.05) is 31.0 Å². The summed E-state index contributed by atoms with van der Waals surface area (Å²) in [5.74, 6) is 1.04. The van der Waals surface area contributed by atoms with Gasteiger partial charge >= 0.3 is 0 Å². The molecule has 2 aromatic heterocycles. The lowest BCUT2D eigenvalue weighted by Gasteiger charge is -2.02. The van der Waals surface area contributed by atoms with Gasteiger partial charge in [-0.1, -0.05) is 23.4 Å². The summed E-state index contributed by atoms with van der Waals surface area (Å²) in [4.78, 5) is 12.4. The fourth-order valence-corrected chi connectivity index (χ4v) is 1.74. The fraction of sp³-hybridized carbons (Fsp3) is 0.143. The molecule has 6 nitrogen and oxygen atoms in total. The van der Waals surface area contributed by atoms with Crippen LogP contribution in [0.5, 0.6) is 0 Å². The van der Waals surface area contributed by atoms with Gasteiger partial charge in [-0.15, -0.1) is 0 Å². The third-order valence-corrected chi connectivity index (χ3v) is 2.70. The number of hydrogen-bond donors (Lipinski definition) is 1. The minimum Gasteiger partial charge on any atom is -0.385 e. The minimum atomic E-state index is 0.466. The highest BCUT2D eigenvalue weighted by molar-refractivity contribution is 5.45. The maximum absolute atomic E-state index is 5.19. The van der Waals surface area contributed by atoms with Crippen LogP contribution in [0, 0.1) is 0 Å². The van der Waals surface area contributed by atoms with E-state index in [0.717, 1.165) is 12.2 Å². The van der Waals surface area contributed by atoms with Crippen LogP contribution in [-0.2, 0) is 6.42 Å². The van der Waals surface area contributed by atoms with Crippen LogP contribution >= 0.6 is 0 Å². The van der Waals surface area contributed by atoms with Crippen molar-refractivity contribution in [2.24, 2.45) is 0 Å². The van der Waals surface area contributed by atoms with E-state index in [0.29, 0.717) is 23.8 Å². The Bertz CT molecular complexity index is 654. The summed E-state index contributed by atoms with van der Waals surface area (Å²) in [6.45, 7) is 0.728. The van der Waals surface area contributed by atoms with Crippen LogP contribution in [0.25, 0.3) is 11.5 Å². The number of hydrogen-bond acceptors (Lipinski definition) is 6. The molecule has 0 bridgehead atoms. The van der Waals surface area contributed by atoms with Crippen molar-refractivity contribution in [3.8, 4) is 11.5 Å². The van der Waals surface area contributed by atoms with Crippen LogP contribution in [0.3, 0.4) is 0 Å². The van der Waals surface area contributed by atoms with Gasteiger partial charge in [0.15, 0.2) is 0 Å². The first-order valence-corrected chi connectivity index (χ1v) is 6.30. The molecule has 0 radical (unpaired) electrons. The zero-order valence-corrected chi connectivity index (χ0v) is 10.7. The largest absolute Gasteiger partial charge is 0.385 e. The third-order valence-electron chi connectivity index (χ3n) is 2.70. The molecular formula is C14H13N5O. The molecule has 1 aromatic carbocycles. The average Bonchev–Trinajstić information content (AvgIpc) is 2.98. The van der Waals surface area contributed by atoms with E-state index in [2.05, 4.69) is 25.4 Å². The molecule has 3 rings (SSSR count). The summed E-state index contributed by atoms with van der Waals surface area (Å²) < 4.78 is 5.19. The van der Waals surface area contributed by atoms with Crippen LogP contribution in [0.1, 0.15) is 5.89 Å². The summed E-state index contributed by atoms with van der Waals surface area (Å²) in [6.07, 6.45) is 5.47. The van der Waals surface area contributed by atoms with E-state index >= 15 is 0 Å². The topological polar surface area (TPSA) is 76.7 Å². The van der Waals surface area contributed by atoms with E-state index in [1.165, 1.54) is 0 Å². The average molecular weight is 267 g/mol. The van der Waals surface area contributed by atoms with Gasteiger partial charge in [-0.05, 0) is 12.1 Å². The normalized spacial score (nSPS) is 10.4. The second kappa shape index (κ2) is 5.92. The molecule has 0 spiro atoms. The van der Waals surface area contributed by atoms with E-state index in [9.17, 15) is 0 Å². The summed E-state index contributed by atoms with van der Waals surface area (Å²) in [7, 11) is 0. The summed E-state index contributed by atoms with van der Waals surface area (Å²) in [5, 5.41) is 7.18. The molecule has 20 heavy (non-hydrogen) atoms. The van der Waals surface area contributed by atoms with Crippen molar-refractivity contribution in [3.05, 3.63) is 54.8 Å². The molecule has 0 amide bonds. The molecule has 0 unspecified atom stereocenters. The van der Waals surface area contributed by atoms with Crippen molar-refractivity contribution < 1.29 is 4.52 Å². The van der Waals surface area contributed by atoms with Gasteiger partial charge in [0.25, 0.3) is 0 Å². The van der Waals surface area contributed by atoms with E-state index in [4.69, 9.17) is 4.52 Å². The maximum atomic E-state index is 5.19. The summed E-state index contributed by atoms with van der Waals surface area (Å²) in [5.41, 5.74) is 1.68. The molecule has 0 aliphatic heterocycles. The number of benzene rings is 1. The molecule has 0 atom stereocenters. The lowest BCUT2D eigenvalue weighted by atomic mass is 10.3. The predicted molar refractivity (Wildman–Crippen MR) is 74.0 cm³/mol. The standard InChI is InChI=1S/C14H13N5O/c1-2-4-11(5-3-1)16-7-6-13-18-14(19-20-13)12-10-15-8-9-17-12/h1-5,8-10,16H,6-7H2. The Morgan fingerprint density at radius 3 is 2.80 bits per heavy atom. The molecule has 100 valence electrons. The number of rotatable bonds is 5. The number of para-hydroxylation sites is 1. The molecule has 0 saturated heterocycles. The molecular weight excluding hydrogens is 254 g/mol. The molecule has 6 heteroatoms. The van der Waals surface area contributed by atoms with E-state index in [1.807, 2.05) is 30.3 Å². The Morgan fingerprint density at radius 1 is 1.10 bits per heavy atom. The van der Waals surface area contributed by atoms with Gasteiger partial charge in [-0.25, -0.2) is 4.98 Å². The molecule has 1 N–H and O–H groups in total. The number of anilines is 1. The van der Waals surface area contributed by atoms with Crippen LogP contribution in [0.2, 0.25) is 0 Å². The van der Waals surface area contributed by atoms with Crippen molar-refractivity contribution in [1.82, 2.24) is 20.1 Å². The van der Waals surface area contributed by atoms with Gasteiger partial charge in [-0.2, -0.15) is 4.98 Å².